The fourth-order valence-corrected chi connectivity index (χ4v) is 3.22. The van der Waals surface area contributed by atoms with Crippen LogP contribution in [0.15, 0.2) is 18.2 Å². The van der Waals surface area contributed by atoms with Crippen molar-refractivity contribution in [2.45, 2.75) is 39.7 Å². The Morgan fingerprint density at radius 3 is 2.89 bits per heavy atom. The summed E-state index contributed by atoms with van der Waals surface area (Å²) in [5.41, 5.74) is 2.96. The number of halogens is 1. The second-order valence-corrected chi connectivity index (χ2v) is 6.90. The highest BCUT2D eigenvalue weighted by atomic mass is 35.5. The lowest BCUT2D eigenvalue weighted by atomic mass is 9.85. The molecule has 1 aliphatic carbocycles. The summed E-state index contributed by atoms with van der Waals surface area (Å²) in [5.74, 6) is 0.490. The third-order valence-corrected chi connectivity index (χ3v) is 4.37. The van der Waals surface area contributed by atoms with E-state index in [0.717, 1.165) is 24.4 Å². The van der Waals surface area contributed by atoms with Gasteiger partial charge in [-0.3, -0.25) is 0 Å². The van der Waals surface area contributed by atoms with Crippen LogP contribution in [0.25, 0.3) is 0 Å². The molecule has 1 aromatic carbocycles. The largest absolute Gasteiger partial charge is 0.396 e. The van der Waals surface area contributed by atoms with Gasteiger partial charge in [-0.25, -0.2) is 0 Å². The molecule has 0 aliphatic heterocycles. The van der Waals surface area contributed by atoms with Crippen LogP contribution in [0.1, 0.15) is 44.4 Å². The molecule has 2 unspecified atom stereocenters. The number of fused-ring (bicyclic) bond motifs is 1. The molecule has 0 saturated heterocycles. The maximum absolute atomic E-state index is 8.98. The first kappa shape index (κ1) is 14.8. The van der Waals surface area contributed by atoms with E-state index >= 15 is 0 Å². The van der Waals surface area contributed by atoms with E-state index in [1.54, 1.807) is 0 Å². The van der Waals surface area contributed by atoms with E-state index in [1.807, 2.05) is 6.07 Å². The molecular weight excluding hydrogens is 258 g/mol. The zero-order valence-electron chi connectivity index (χ0n) is 12.0. The average Bonchev–Trinajstić information content (AvgIpc) is 2.57. The lowest BCUT2D eigenvalue weighted by Crippen LogP contribution is -2.34. The highest BCUT2D eigenvalue weighted by Gasteiger charge is 2.38. The Bertz CT molecular complexity index is 444. The number of benzene rings is 1. The van der Waals surface area contributed by atoms with Gasteiger partial charge in [0, 0.05) is 17.7 Å². The Hall–Kier alpha value is -0.570. The van der Waals surface area contributed by atoms with Gasteiger partial charge in [0.15, 0.2) is 0 Å². The molecule has 0 bridgehead atoms. The molecule has 1 aliphatic rings. The van der Waals surface area contributed by atoms with Crippen molar-refractivity contribution >= 4 is 11.6 Å². The molecule has 106 valence electrons. The van der Waals surface area contributed by atoms with Crippen molar-refractivity contribution in [1.82, 2.24) is 5.32 Å². The Labute approximate surface area is 121 Å². The summed E-state index contributed by atoms with van der Waals surface area (Å²) in [5, 5.41) is 13.5. The normalized spacial score (nSPS) is 22.3. The number of hydrogen-bond acceptors (Lipinski definition) is 2. The smallest absolute Gasteiger partial charge is 0.0434 e. The van der Waals surface area contributed by atoms with Crippen LogP contribution in [0, 0.1) is 11.3 Å². The highest BCUT2D eigenvalue weighted by Crippen LogP contribution is 2.45. The molecule has 2 rings (SSSR count). The van der Waals surface area contributed by atoms with Crippen molar-refractivity contribution in [2.24, 2.45) is 11.3 Å². The van der Waals surface area contributed by atoms with Gasteiger partial charge in [0.25, 0.3) is 0 Å². The van der Waals surface area contributed by atoms with E-state index < -0.39 is 0 Å². The van der Waals surface area contributed by atoms with E-state index in [-0.39, 0.29) is 12.0 Å². The zero-order valence-corrected chi connectivity index (χ0v) is 12.8. The third kappa shape index (κ3) is 3.31. The van der Waals surface area contributed by atoms with E-state index in [0.29, 0.717) is 12.0 Å². The van der Waals surface area contributed by atoms with Crippen molar-refractivity contribution in [3.05, 3.63) is 34.3 Å². The van der Waals surface area contributed by atoms with Gasteiger partial charge < -0.3 is 10.4 Å². The van der Waals surface area contributed by atoms with Crippen LogP contribution >= 0.6 is 11.6 Å². The van der Waals surface area contributed by atoms with Crippen molar-refractivity contribution in [1.29, 1.82) is 0 Å². The van der Waals surface area contributed by atoms with Gasteiger partial charge in [-0.2, -0.15) is 0 Å². The lowest BCUT2D eigenvalue weighted by molar-refractivity contribution is 0.234. The van der Waals surface area contributed by atoms with Crippen LogP contribution in [0.4, 0.5) is 0 Å². The second kappa shape index (κ2) is 5.82. The van der Waals surface area contributed by atoms with Crippen molar-refractivity contribution in [2.75, 3.05) is 13.2 Å². The minimum atomic E-state index is 0.214. The Morgan fingerprint density at radius 1 is 1.47 bits per heavy atom. The molecule has 0 spiro atoms. The second-order valence-electron chi connectivity index (χ2n) is 6.47. The molecule has 19 heavy (non-hydrogen) atoms. The summed E-state index contributed by atoms with van der Waals surface area (Å²) < 4.78 is 0. The van der Waals surface area contributed by atoms with Gasteiger partial charge in [0.1, 0.15) is 0 Å². The summed E-state index contributed by atoms with van der Waals surface area (Å²) >= 11 is 6.13. The molecule has 2 atom stereocenters. The fourth-order valence-electron chi connectivity index (χ4n) is 3.04. The quantitative estimate of drug-likeness (QED) is 0.865. The molecule has 0 heterocycles. The van der Waals surface area contributed by atoms with Crippen molar-refractivity contribution < 1.29 is 5.11 Å². The molecule has 2 N–H and O–H groups in total. The molecule has 2 nitrogen and oxygen atoms in total. The minimum absolute atomic E-state index is 0.214. The SMILES string of the molecule is CC(CCO)CNC1c2cc(Cl)ccc2CC1(C)C. The zero-order chi connectivity index (χ0) is 14.0. The Morgan fingerprint density at radius 2 is 2.21 bits per heavy atom. The van der Waals surface area contributed by atoms with Gasteiger partial charge in [0.05, 0.1) is 0 Å². The summed E-state index contributed by atoms with van der Waals surface area (Å²) in [6, 6.07) is 6.58. The Balaban J connectivity index is 2.12. The highest BCUT2D eigenvalue weighted by molar-refractivity contribution is 6.30. The Kier molecular flexibility index (Phi) is 4.54. The van der Waals surface area contributed by atoms with Crippen LogP contribution in [0.5, 0.6) is 0 Å². The minimum Gasteiger partial charge on any atom is -0.396 e. The molecule has 1 aromatic rings. The predicted molar refractivity (Wildman–Crippen MR) is 80.5 cm³/mol. The van der Waals surface area contributed by atoms with Crippen LogP contribution in [0.2, 0.25) is 5.02 Å². The van der Waals surface area contributed by atoms with Gasteiger partial charge >= 0.3 is 0 Å². The lowest BCUT2D eigenvalue weighted by Gasteiger charge is -2.30. The topological polar surface area (TPSA) is 32.3 Å². The number of nitrogens with one attached hydrogen (secondary N) is 1. The van der Waals surface area contributed by atoms with Gasteiger partial charge in [-0.15, -0.1) is 0 Å². The van der Waals surface area contributed by atoms with Crippen LogP contribution in [-0.2, 0) is 6.42 Å². The van der Waals surface area contributed by atoms with Crippen LogP contribution in [0.3, 0.4) is 0 Å². The van der Waals surface area contributed by atoms with Gasteiger partial charge in [-0.1, -0.05) is 38.4 Å². The van der Waals surface area contributed by atoms with Gasteiger partial charge in [0.2, 0.25) is 0 Å². The first-order valence-corrected chi connectivity index (χ1v) is 7.44. The first-order chi connectivity index (χ1) is 8.94. The molecule has 3 heteroatoms. The summed E-state index contributed by atoms with van der Waals surface area (Å²) in [7, 11) is 0. The van der Waals surface area contributed by atoms with Crippen molar-refractivity contribution in [3.63, 3.8) is 0 Å². The maximum Gasteiger partial charge on any atom is 0.0434 e. The average molecular weight is 282 g/mol. The van der Waals surface area contributed by atoms with E-state index in [9.17, 15) is 0 Å². The van der Waals surface area contributed by atoms with E-state index in [2.05, 4.69) is 38.2 Å². The third-order valence-electron chi connectivity index (χ3n) is 4.14. The number of aliphatic hydroxyl groups excluding tert-OH is 1. The van der Waals surface area contributed by atoms with Gasteiger partial charge in [-0.05, 0) is 54.0 Å². The number of rotatable bonds is 5. The molecule has 0 saturated carbocycles. The number of aliphatic hydroxyl groups is 1. The first-order valence-electron chi connectivity index (χ1n) is 7.06. The molecular formula is C16H24ClNO. The summed E-state index contributed by atoms with van der Waals surface area (Å²) in [4.78, 5) is 0. The van der Waals surface area contributed by atoms with E-state index in [4.69, 9.17) is 16.7 Å². The predicted octanol–water partition coefficient (Wildman–Crippen LogP) is 3.57. The van der Waals surface area contributed by atoms with Crippen molar-refractivity contribution in [3.8, 4) is 0 Å². The maximum atomic E-state index is 8.98. The van der Waals surface area contributed by atoms with Crippen LogP contribution < -0.4 is 5.32 Å². The monoisotopic (exact) mass is 281 g/mol. The van der Waals surface area contributed by atoms with Crippen LogP contribution in [-0.4, -0.2) is 18.3 Å². The molecule has 0 aromatic heterocycles. The summed E-state index contributed by atoms with van der Waals surface area (Å²) in [6.07, 6.45) is 1.94. The summed E-state index contributed by atoms with van der Waals surface area (Å²) in [6.45, 7) is 7.97. The standard InChI is InChI=1S/C16H24ClNO/c1-11(6-7-19)10-18-15-14-8-13(17)5-4-12(14)9-16(15,2)3/h4-5,8,11,15,18-19H,6-7,9-10H2,1-3H3. The molecule has 0 radical (unpaired) electrons. The van der Waals surface area contributed by atoms with E-state index in [1.165, 1.54) is 11.1 Å². The fraction of sp³-hybridized carbons (Fsp3) is 0.625. The molecule has 0 amide bonds. The number of hydrogen-bond donors (Lipinski definition) is 2. The molecule has 0 fully saturated rings.